The first-order chi connectivity index (χ1) is 12.2. The summed E-state index contributed by atoms with van der Waals surface area (Å²) in [5, 5.41) is 8.20. The van der Waals surface area contributed by atoms with Crippen molar-refractivity contribution < 1.29 is 14.3 Å². The number of carbonyl (C=O) groups is 2. The Balaban J connectivity index is 1.73. The molecule has 25 heavy (non-hydrogen) atoms. The van der Waals surface area contributed by atoms with Gasteiger partial charge in [0.25, 0.3) is 5.91 Å². The van der Waals surface area contributed by atoms with Crippen LogP contribution in [0.25, 0.3) is 0 Å². The van der Waals surface area contributed by atoms with Gasteiger partial charge in [0, 0.05) is 18.7 Å². The number of ether oxygens (including phenoxy) is 1. The number of anilines is 1. The lowest BCUT2D eigenvalue weighted by molar-refractivity contribution is 0.0954. The lowest BCUT2D eigenvalue weighted by Crippen LogP contribution is -2.36. The lowest BCUT2D eigenvalue weighted by Gasteiger charge is -2.12. The number of amides is 3. The van der Waals surface area contributed by atoms with Crippen molar-refractivity contribution in [1.29, 1.82) is 0 Å². The summed E-state index contributed by atoms with van der Waals surface area (Å²) >= 11 is 0. The van der Waals surface area contributed by atoms with E-state index in [-0.39, 0.29) is 11.9 Å². The van der Waals surface area contributed by atoms with Gasteiger partial charge in [-0.2, -0.15) is 0 Å². The van der Waals surface area contributed by atoms with E-state index in [1.807, 2.05) is 31.2 Å². The smallest absolute Gasteiger partial charge is 0.319 e. The molecule has 2 aromatic carbocycles. The fourth-order valence-electron chi connectivity index (χ4n) is 2.12. The first kappa shape index (κ1) is 18.3. The van der Waals surface area contributed by atoms with E-state index in [4.69, 9.17) is 4.74 Å². The minimum absolute atomic E-state index is 0.166. The van der Waals surface area contributed by atoms with Crippen LogP contribution in [0, 0.1) is 0 Å². The topological polar surface area (TPSA) is 79.5 Å². The van der Waals surface area contributed by atoms with Gasteiger partial charge >= 0.3 is 6.03 Å². The number of carbonyl (C=O) groups excluding carboxylic acids is 2. The van der Waals surface area contributed by atoms with Crippen molar-refractivity contribution in [3.05, 3.63) is 60.2 Å². The second kappa shape index (κ2) is 9.97. The Morgan fingerprint density at radius 3 is 2.36 bits per heavy atom. The molecule has 6 heteroatoms. The molecule has 0 heterocycles. The van der Waals surface area contributed by atoms with Crippen molar-refractivity contribution in [2.45, 2.75) is 13.3 Å². The van der Waals surface area contributed by atoms with Crippen LogP contribution in [0.2, 0.25) is 0 Å². The average Bonchev–Trinajstić information content (AvgIpc) is 2.65. The van der Waals surface area contributed by atoms with Crippen LogP contribution in [0.5, 0.6) is 5.75 Å². The van der Waals surface area contributed by atoms with Gasteiger partial charge in [-0.1, -0.05) is 37.3 Å². The van der Waals surface area contributed by atoms with Gasteiger partial charge in [0.05, 0.1) is 12.3 Å². The summed E-state index contributed by atoms with van der Waals surface area (Å²) in [6.07, 6.45) is 0.891. The van der Waals surface area contributed by atoms with Crippen LogP contribution in [-0.4, -0.2) is 31.6 Å². The van der Waals surface area contributed by atoms with Crippen molar-refractivity contribution in [2.24, 2.45) is 0 Å². The highest BCUT2D eigenvalue weighted by atomic mass is 16.5. The molecule has 0 aromatic heterocycles. The van der Waals surface area contributed by atoms with Gasteiger partial charge in [0.1, 0.15) is 5.75 Å². The standard InChI is InChI=1S/C19H23N3O3/c1-2-14-25-17-11-7-6-10-16(17)22-19(24)21-13-12-20-18(23)15-8-4-3-5-9-15/h3-11H,2,12-14H2,1H3,(H,20,23)(H2,21,22,24). The Labute approximate surface area is 147 Å². The number of hydrogen-bond acceptors (Lipinski definition) is 3. The normalized spacial score (nSPS) is 9.96. The average molecular weight is 341 g/mol. The molecule has 132 valence electrons. The molecule has 0 saturated carbocycles. The molecular formula is C19H23N3O3. The van der Waals surface area contributed by atoms with E-state index in [0.29, 0.717) is 36.7 Å². The third kappa shape index (κ3) is 6.18. The molecule has 2 aromatic rings. The van der Waals surface area contributed by atoms with Crippen LogP contribution < -0.4 is 20.7 Å². The van der Waals surface area contributed by atoms with Gasteiger partial charge in [0.2, 0.25) is 0 Å². The lowest BCUT2D eigenvalue weighted by atomic mass is 10.2. The Kier molecular flexibility index (Phi) is 7.31. The molecule has 0 saturated heterocycles. The van der Waals surface area contributed by atoms with Crippen molar-refractivity contribution in [3.63, 3.8) is 0 Å². The van der Waals surface area contributed by atoms with Crippen molar-refractivity contribution >= 4 is 17.6 Å². The highest BCUT2D eigenvalue weighted by Crippen LogP contribution is 2.23. The summed E-state index contributed by atoms with van der Waals surface area (Å²) in [6.45, 7) is 3.27. The number of para-hydroxylation sites is 2. The molecule has 0 spiro atoms. The second-order valence-corrected chi connectivity index (χ2v) is 5.35. The molecule has 0 atom stereocenters. The maximum atomic E-state index is 12.0. The summed E-state index contributed by atoms with van der Waals surface area (Å²) < 4.78 is 5.59. The predicted molar refractivity (Wildman–Crippen MR) is 98.0 cm³/mol. The molecule has 0 bridgehead atoms. The molecular weight excluding hydrogens is 318 g/mol. The molecule has 2 rings (SSSR count). The van der Waals surface area contributed by atoms with E-state index in [1.54, 1.807) is 30.3 Å². The molecule has 3 N–H and O–H groups in total. The third-order valence-corrected chi connectivity index (χ3v) is 3.33. The fourth-order valence-corrected chi connectivity index (χ4v) is 2.12. The first-order valence-corrected chi connectivity index (χ1v) is 8.30. The van der Waals surface area contributed by atoms with Crippen molar-refractivity contribution in [1.82, 2.24) is 10.6 Å². The van der Waals surface area contributed by atoms with Crippen molar-refractivity contribution in [2.75, 3.05) is 25.0 Å². The zero-order valence-electron chi connectivity index (χ0n) is 14.2. The number of urea groups is 1. The Morgan fingerprint density at radius 2 is 1.60 bits per heavy atom. The van der Waals surface area contributed by atoms with Gasteiger partial charge in [-0.05, 0) is 30.7 Å². The maximum absolute atomic E-state index is 12.0. The minimum Gasteiger partial charge on any atom is -0.491 e. The van der Waals surface area contributed by atoms with E-state index in [1.165, 1.54) is 0 Å². The molecule has 0 aliphatic rings. The molecule has 0 unspecified atom stereocenters. The quantitative estimate of drug-likeness (QED) is 0.646. The third-order valence-electron chi connectivity index (χ3n) is 3.33. The number of benzene rings is 2. The largest absolute Gasteiger partial charge is 0.491 e. The van der Waals surface area contributed by atoms with E-state index >= 15 is 0 Å². The highest BCUT2D eigenvalue weighted by Gasteiger charge is 2.07. The summed E-state index contributed by atoms with van der Waals surface area (Å²) in [7, 11) is 0. The summed E-state index contributed by atoms with van der Waals surface area (Å²) in [5.74, 6) is 0.470. The van der Waals surface area contributed by atoms with Gasteiger partial charge in [-0.15, -0.1) is 0 Å². The van der Waals surface area contributed by atoms with Crippen LogP contribution in [0.1, 0.15) is 23.7 Å². The Bertz CT molecular complexity index is 689. The molecule has 3 amide bonds. The van der Waals surface area contributed by atoms with Gasteiger partial charge in [0.15, 0.2) is 0 Å². The summed E-state index contributed by atoms with van der Waals surface area (Å²) in [6, 6.07) is 15.9. The van der Waals surface area contributed by atoms with Gasteiger partial charge in [-0.25, -0.2) is 4.79 Å². The maximum Gasteiger partial charge on any atom is 0.319 e. The molecule has 0 aliphatic heterocycles. The second-order valence-electron chi connectivity index (χ2n) is 5.35. The van der Waals surface area contributed by atoms with Crippen LogP contribution in [0.15, 0.2) is 54.6 Å². The number of nitrogens with one attached hydrogen (secondary N) is 3. The van der Waals surface area contributed by atoms with Crippen LogP contribution >= 0.6 is 0 Å². The Hall–Kier alpha value is -3.02. The zero-order valence-corrected chi connectivity index (χ0v) is 14.2. The van der Waals surface area contributed by atoms with E-state index in [9.17, 15) is 9.59 Å². The Morgan fingerprint density at radius 1 is 0.920 bits per heavy atom. The zero-order chi connectivity index (χ0) is 17.9. The molecule has 0 aliphatic carbocycles. The number of rotatable bonds is 8. The van der Waals surface area contributed by atoms with Crippen LogP contribution in [0.3, 0.4) is 0 Å². The highest BCUT2D eigenvalue weighted by molar-refractivity contribution is 5.94. The van der Waals surface area contributed by atoms with Gasteiger partial charge in [-0.3, -0.25) is 4.79 Å². The molecule has 0 radical (unpaired) electrons. The van der Waals surface area contributed by atoms with E-state index < -0.39 is 0 Å². The summed E-state index contributed by atoms with van der Waals surface area (Å²) in [5.41, 5.74) is 1.20. The minimum atomic E-state index is -0.346. The van der Waals surface area contributed by atoms with E-state index in [2.05, 4.69) is 16.0 Å². The van der Waals surface area contributed by atoms with Gasteiger partial charge < -0.3 is 20.7 Å². The molecule has 0 fully saturated rings. The number of hydrogen-bond donors (Lipinski definition) is 3. The predicted octanol–water partition coefficient (Wildman–Crippen LogP) is 3.03. The fraction of sp³-hybridized carbons (Fsp3) is 0.263. The summed E-state index contributed by atoms with van der Waals surface area (Å²) in [4.78, 5) is 23.8. The molecule has 6 nitrogen and oxygen atoms in total. The SMILES string of the molecule is CCCOc1ccccc1NC(=O)NCCNC(=O)c1ccccc1. The van der Waals surface area contributed by atoms with Crippen molar-refractivity contribution in [3.8, 4) is 5.75 Å². The first-order valence-electron chi connectivity index (χ1n) is 8.30. The monoisotopic (exact) mass is 341 g/mol. The van der Waals surface area contributed by atoms with E-state index in [0.717, 1.165) is 6.42 Å². The van der Waals surface area contributed by atoms with Crippen LogP contribution in [-0.2, 0) is 0 Å². The van der Waals surface area contributed by atoms with Crippen LogP contribution in [0.4, 0.5) is 10.5 Å².